The Kier molecular flexibility index (Phi) is 5.03. The lowest BCUT2D eigenvalue weighted by Gasteiger charge is -2.31. The molecule has 3 rings (SSSR count). The fourth-order valence-electron chi connectivity index (χ4n) is 3.21. The largest absolute Gasteiger partial charge is 0.310 e. The second-order valence-corrected chi connectivity index (χ2v) is 8.18. The van der Waals surface area contributed by atoms with Crippen molar-refractivity contribution in [2.24, 2.45) is 0 Å². The van der Waals surface area contributed by atoms with Gasteiger partial charge >= 0.3 is 0 Å². The zero-order valence-electron chi connectivity index (χ0n) is 14.1. The minimum Gasteiger partial charge on any atom is -0.310 e. The lowest BCUT2D eigenvalue weighted by molar-refractivity contribution is 0.288. The number of H-pyrrole nitrogens is 1. The van der Waals surface area contributed by atoms with Crippen molar-refractivity contribution in [3.8, 4) is 0 Å². The van der Waals surface area contributed by atoms with E-state index in [1.54, 1.807) is 18.2 Å². The van der Waals surface area contributed by atoms with Gasteiger partial charge in [-0.2, -0.15) is 9.40 Å². The smallest absolute Gasteiger partial charge is 0.246 e. The van der Waals surface area contributed by atoms with E-state index in [0.29, 0.717) is 35.4 Å². The van der Waals surface area contributed by atoms with E-state index in [-0.39, 0.29) is 0 Å². The number of rotatable bonds is 5. The van der Waals surface area contributed by atoms with Crippen molar-refractivity contribution < 1.29 is 8.42 Å². The normalized spacial score (nSPS) is 17.2. The second kappa shape index (κ2) is 7.04. The second-order valence-electron chi connectivity index (χ2n) is 6.31. The molecule has 2 N–H and O–H groups in total. The molecule has 1 aromatic heterocycles. The number of hydrogen-bond acceptors (Lipinski definition) is 4. The highest BCUT2D eigenvalue weighted by Crippen LogP contribution is 2.24. The van der Waals surface area contributed by atoms with Gasteiger partial charge in [0.05, 0.1) is 11.4 Å². The van der Waals surface area contributed by atoms with Gasteiger partial charge in [0.1, 0.15) is 4.90 Å². The van der Waals surface area contributed by atoms with Crippen LogP contribution in [0.5, 0.6) is 0 Å². The van der Waals surface area contributed by atoms with Crippen molar-refractivity contribution in [1.82, 2.24) is 19.8 Å². The Hall–Kier alpha value is -1.70. The van der Waals surface area contributed by atoms with Gasteiger partial charge in [-0.1, -0.05) is 30.3 Å². The molecule has 0 saturated carbocycles. The number of nitrogens with one attached hydrogen (secondary N) is 2. The SMILES string of the molecule is Cc1n[nH]c(C)c1S(=O)(=O)N1CCC(NCc2ccccc2)CC1. The summed E-state index contributed by atoms with van der Waals surface area (Å²) in [7, 11) is -3.46. The zero-order chi connectivity index (χ0) is 17.2. The van der Waals surface area contributed by atoms with Crippen LogP contribution < -0.4 is 5.32 Å². The van der Waals surface area contributed by atoms with E-state index in [4.69, 9.17) is 0 Å². The van der Waals surface area contributed by atoms with Gasteiger partial charge in [0.25, 0.3) is 0 Å². The van der Waals surface area contributed by atoms with Crippen LogP contribution in [0.2, 0.25) is 0 Å². The van der Waals surface area contributed by atoms with Crippen molar-refractivity contribution >= 4 is 10.0 Å². The molecule has 24 heavy (non-hydrogen) atoms. The van der Waals surface area contributed by atoms with Crippen LogP contribution in [0, 0.1) is 13.8 Å². The van der Waals surface area contributed by atoms with Crippen LogP contribution in [0.15, 0.2) is 35.2 Å². The number of sulfonamides is 1. The van der Waals surface area contributed by atoms with Crippen molar-refractivity contribution in [2.45, 2.75) is 44.2 Å². The molecule has 1 aliphatic rings. The minimum absolute atomic E-state index is 0.332. The van der Waals surface area contributed by atoms with E-state index < -0.39 is 10.0 Å². The Balaban J connectivity index is 1.59. The van der Waals surface area contributed by atoms with Crippen LogP contribution in [-0.2, 0) is 16.6 Å². The van der Waals surface area contributed by atoms with Gasteiger partial charge < -0.3 is 5.32 Å². The lowest BCUT2D eigenvalue weighted by Crippen LogP contribution is -2.44. The highest BCUT2D eigenvalue weighted by molar-refractivity contribution is 7.89. The van der Waals surface area contributed by atoms with Crippen LogP contribution in [0.1, 0.15) is 29.8 Å². The number of piperidine rings is 1. The number of aromatic nitrogens is 2. The van der Waals surface area contributed by atoms with Crippen LogP contribution in [-0.4, -0.2) is 42.1 Å². The summed E-state index contributed by atoms with van der Waals surface area (Å²) in [6.07, 6.45) is 1.64. The zero-order valence-corrected chi connectivity index (χ0v) is 14.9. The monoisotopic (exact) mass is 348 g/mol. The molecule has 1 fully saturated rings. The van der Waals surface area contributed by atoms with Crippen LogP contribution in [0.25, 0.3) is 0 Å². The first-order valence-electron chi connectivity index (χ1n) is 8.27. The van der Waals surface area contributed by atoms with Gasteiger partial charge in [0.15, 0.2) is 0 Å². The summed E-state index contributed by atoms with van der Waals surface area (Å²) in [6, 6.07) is 10.6. The third-order valence-electron chi connectivity index (χ3n) is 4.55. The molecule has 6 nitrogen and oxygen atoms in total. The third kappa shape index (κ3) is 3.53. The highest BCUT2D eigenvalue weighted by atomic mass is 32.2. The third-order valence-corrected chi connectivity index (χ3v) is 6.71. The lowest BCUT2D eigenvalue weighted by atomic mass is 10.1. The summed E-state index contributed by atoms with van der Waals surface area (Å²) >= 11 is 0. The number of aromatic amines is 1. The number of nitrogens with zero attached hydrogens (tertiary/aromatic N) is 2. The molecule has 0 unspecified atom stereocenters. The van der Waals surface area contributed by atoms with Gasteiger partial charge in [-0.05, 0) is 32.3 Å². The molecule has 2 heterocycles. The summed E-state index contributed by atoms with van der Waals surface area (Å²) in [5, 5.41) is 10.3. The first-order valence-corrected chi connectivity index (χ1v) is 9.71. The maximum absolute atomic E-state index is 12.8. The van der Waals surface area contributed by atoms with Crippen molar-refractivity contribution in [3.05, 3.63) is 47.3 Å². The number of hydrogen-bond donors (Lipinski definition) is 2. The van der Waals surface area contributed by atoms with Crippen LogP contribution >= 0.6 is 0 Å². The van der Waals surface area contributed by atoms with E-state index in [2.05, 4.69) is 27.6 Å². The molecule has 1 aromatic carbocycles. The molecule has 1 saturated heterocycles. The Morgan fingerprint density at radius 1 is 1.21 bits per heavy atom. The molecule has 7 heteroatoms. The molecule has 0 spiro atoms. The van der Waals surface area contributed by atoms with Crippen molar-refractivity contribution in [1.29, 1.82) is 0 Å². The molecule has 0 radical (unpaired) electrons. The summed E-state index contributed by atoms with van der Waals surface area (Å²) in [6.45, 7) is 5.38. The van der Waals surface area contributed by atoms with Crippen LogP contribution in [0.4, 0.5) is 0 Å². The van der Waals surface area contributed by atoms with Gasteiger partial charge in [-0.3, -0.25) is 5.10 Å². The first kappa shape index (κ1) is 17.1. The van der Waals surface area contributed by atoms with Crippen molar-refractivity contribution in [3.63, 3.8) is 0 Å². The number of aryl methyl sites for hydroxylation is 2. The van der Waals surface area contributed by atoms with E-state index in [0.717, 1.165) is 19.4 Å². The molecule has 130 valence electrons. The number of benzene rings is 1. The van der Waals surface area contributed by atoms with Gasteiger partial charge in [-0.25, -0.2) is 8.42 Å². The summed E-state index contributed by atoms with van der Waals surface area (Å²) in [5.74, 6) is 0. The standard InChI is InChI=1S/C17H24N4O2S/c1-13-17(14(2)20-19-13)24(22,23)21-10-8-16(9-11-21)18-12-15-6-4-3-5-7-15/h3-7,16,18H,8-12H2,1-2H3,(H,19,20). The van der Waals surface area contributed by atoms with Gasteiger partial charge in [-0.15, -0.1) is 0 Å². The average molecular weight is 348 g/mol. The maximum atomic E-state index is 12.8. The predicted molar refractivity (Wildman–Crippen MR) is 93.1 cm³/mol. The van der Waals surface area contributed by atoms with E-state index in [1.165, 1.54) is 5.56 Å². The van der Waals surface area contributed by atoms with E-state index in [9.17, 15) is 8.42 Å². The van der Waals surface area contributed by atoms with Crippen LogP contribution in [0.3, 0.4) is 0 Å². The Labute approximate surface area is 143 Å². The molecule has 0 bridgehead atoms. The highest BCUT2D eigenvalue weighted by Gasteiger charge is 2.32. The molecule has 2 aromatic rings. The van der Waals surface area contributed by atoms with Crippen molar-refractivity contribution in [2.75, 3.05) is 13.1 Å². The molecular weight excluding hydrogens is 324 g/mol. The minimum atomic E-state index is -3.46. The molecule has 0 atom stereocenters. The van der Waals surface area contributed by atoms with E-state index >= 15 is 0 Å². The molecular formula is C17H24N4O2S. The topological polar surface area (TPSA) is 78.1 Å². The molecule has 1 aliphatic heterocycles. The van der Waals surface area contributed by atoms with Gasteiger partial charge in [0.2, 0.25) is 10.0 Å². The predicted octanol–water partition coefficient (Wildman–Crippen LogP) is 1.97. The Bertz CT molecular complexity index is 759. The summed E-state index contributed by atoms with van der Waals surface area (Å²) < 4.78 is 27.2. The fraction of sp³-hybridized carbons (Fsp3) is 0.471. The first-order chi connectivity index (χ1) is 11.5. The Morgan fingerprint density at radius 2 is 1.88 bits per heavy atom. The Morgan fingerprint density at radius 3 is 2.46 bits per heavy atom. The molecule has 0 amide bonds. The quantitative estimate of drug-likeness (QED) is 0.866. The molecule has 0 aliphatic carbocycles. The summed E-state index contributed by atoms with van der Waals surface area (Å²) in [4.78, 5) is 0.332. The summed E-state index contributed by atoms with van der Waals surface area (Å²) in [5.41, 5.74) is 2.39. The fourth-order valence-corrected chi connectivity index (χ4v) is 5.01. The van der Waals surface area contributed by atoms with E-state index in [1.807, 2.05) is 18.2 Å². The average Bonchev–Trinajstić information content (AvgIpc) is 2.93. The van der Waals surface area contributed by atoms with Gasteiger partial charge in [0, 0.05) is 25.7 Å². The maximum Gasteiger partial charge on any atom is 0.246 e.